The summed E-state index contributed by atoms with van der Waals surface area (Å²) in [7, 11) is -3.80. The quantitative estimate of drug-likeness (QED) is 0.875. The summed E-state index contributed by atoms with van der Waals surface area (Å²) in [5.74, 6) is 0. The number of benzene rings is 1. The number of aliphatic hydroxyl groups is 1. The molecule has 1 aromatic heterocycles. The van der Waals surface area contributed by atoms with Crippen LogP contribution in [0.4, 0.5) is 0 Å². The SMILES string of the molecule is Cc1cccc(S(=O)(=O)N(CCO)Cc2cccnc2)c1Cl. The van der Waals surface area contributed by atoms with Gasteiger partial charge < -0.3 is 5.11 Å². The highest BCUT2D eigenvalue weighted by atomic mass is 35.5. The van der Waals surface area contributed by atoms with E-state index in [2.05, 4.69) is 4.98 Å². The fraction of sp³-hybridized carbons (Fsp3) is 0.267. The van der Waals surface area contributed by atoms with Crippen molar-refractivity contribution < 1.29 is 13.5 Å². The highest BCUT2D eigenvalue weighted by Gasteiger charge is 2.27. The zero-order valence-corrected chi connectivity index (χ0v) is 13.7. The summed E-state index contributed by atoms with van der Waals surface area (Å²) in [6.07, 6.45) is 3.21. The van der Waals surface area contributed by atoms with Crippen molar-refractivity contribution in [2.75, 3.05) is 13.2 Å². The first-order valence-electron chi connectivity index (χ1n) is 6.72. The largest absolute Gasteiger partial charge is 0.395 e. The van der Waals surface area contributed by atoms with E-state index < -0.39 is 10.0 Å². The lowest BCUT2D eigenvalue weighted by atomic mass is 10.2. The Labute approximate surface area is 135 Å². The third-order valence-electron chi connectivity index (χ3n) is 3.21. The molecule has 0 saturated carbocycles. The number of sulfonamides is 1. The van der Waals surface area contributed by atoms with E-state index in [0.717, 1.165) is 5.56 Å². The maximum absolute atomic E-state index is 12.8. The van der Waals surface area contributed by atoms with E-state index in [0.29, 0.717) is 5.56 Å². The Hall–Kier alpha value is -1.47. The topological polar surface area (TPSA) is 70.5 Å². The minimum atomic E-state index is -3.80. The minimum absolute atomic E-state index is 0.0124. The lowest BCUT2D eigenvalue weighted by Gasteiger charge is -2.22. The van der Waals surface area contributed by atoms with Gasteiger partial charge in [0, 0.05) is 25.5 Å². The molecule has 0 saturated heterocycles. The first-order chi connectivity index (χ1) is 10.5. The molecule has 0 unspecified atom stereocenters. The van der Waals surface area contributed by atoms with Crippen LogP contribution >= 0.6 is 11.6 Å². The number of hydrogen-bond acceptors (Lipinski definition) is 4. The van der Waals surface area contributed by atoms with Crippen LogP contribution < -0.4 is 0 Å². The Morgan fingerprint density at radius 1 is 1.27 bits per heavy atom. The summed E-state index contributed by atoms with van der Waals surface area (Å²) >= 11 is 6.14. The number of aryl methyl sites for hydroxylation is 1. The molecule has 2 rings (SSSR count). The number of nitrogens with zero attached hydrogens (tertiary/aromatic N) is 2. The van der Waals surface area contributed by atoms with Crippen LogP contribution in [-0.4, -0.2) is 36.0 Å². The molecule has 0 aliphatic rings. The van der Waals surface area contributed by atoms with Crippen molar-refractivity contribution in [3.63, 3.8) is 0 Å². The van der Waals surface area contributed by atoms with Crippen molar-refractivity contribution in [1.29, 1.82) is 0 Å². The average molecular weight is 341 g/mol. The minimum Gasteiger partial charge on any atom is -0.395 e. The lowest BCUT2D eigenvalue weighted by Crippen LogP contribution is -2.33. The molecular formula is C15H17ClN2O3S. The van der Waals surface area contributed by atoms with Crippen molar-refractivity contribution in [2.45, 2.75) is 18.4 Å². The maximum Gasteiger partial charge on any atom is 0.244 e. The second-order valence-electron chi connectivity index (χ2n) is 4.81. The molecule has 0 aliphatic carbocycles. The first-order valence-corrected chi connectivity index (χ1v) is 8.53. The normalized spacial score (nSPS) is 11.8. The molecule has 22 heavy (non-hydrogen) atoms. The van der Waals surface area contributed by atoms with E-state index in [1.807, 2.05) is 0 Å². The van der Waals surface area contributed by atoms with Gasteiger partial charge in [0.05, 0.1) is 11.6 Å². The van der Waals surface area contributed by atoms with E-state index in [-0.39, 0.29) is 29.6 Å². The zero-order chi connectivity index (χ0) is 16.2. The summed E-state index contributed by atoms with van der Waals surface area (Å²) in [6.45, 7) is 1.59. The van der Waals surface area contributed by atoms with Crippen LogP contribution in [0.2, 0.25) is 5.02 Å². The smallest absolute Gasteiger partial charge is 0.244 e. The van der Waals surface area contributed by atoms with Gasteiger partial charge in [-0.05, 0) is 30.2 Å². The second-order valence-corrected chi connectivity index (χ2v) is 7.09. The molecule has 0 radical (unpaired) electrons. The van der Waals surface area contributed by atoms with Crippen molar-refractivity contribution in [1.82, 2.24) is 9.29 Å². The van der Waals surface area contributed by atoms with E-state index in [4.69, 9.17) is 11.6 Å². The van der Waals surface area contributed by atoms with Gasteiger partial charge in [-0.2, -0.15) is 4.31 Å². The number of hydrogen-bond donors (Lipinski definition) is 1. The first kappa shape index (κ1) is 16.9. The van der Waals surface area contributed by atoms with E-state index in [1.54, 1.807) is 43.6 Å². The number of aromatic nitrogens is 1. The fourth-order valence-electron chi connectivity index (χ4n) is 2.05. The van der Waals surface area contributed by atoms with Gasteiger partial charge >= 0.3 is 0 Å². The second kappa shape index (κ2) is 7.19. The van der Waals surface area contributed by atoms with Gasteiger partial charge in [0.1, 0.15) is 4.90 Å². The molecule has 0 fully saturated rings. The Morgan fingerprint density at radius 2 is 2.05 bits per heavy atom. The lowest BCUT2D eigenvalue weighted by molar-refractivity contribution is 0.251. The summed E-state index contributed by atoms with van der Waals surface area (Å²) in [6, 6.07) is 8.38. The van der Waals surface area contributed by atoms with Gasteiger partial charge in [-0.25, -0.2) is 8.42 Å². The van der Waals surface area contributed by atoms with Crippen LogP contribution in [0.25, 0.3) is 0 Å². The van der Waals surface area contributed by atoms with Gasteiger partial charge in [-0.1, -0.05) is 29.8 Å². The summed E-state index contributed by atoms with van der Waals surface area (Å²) in [5, 5.41) is 9.40. The molecule has 2 aromatic rings. The molecule has 0 spiro atoms. The van der Waals surface area contributed by atoms with E-state index in [9.17, 15) is 13.5 Å². The highest BCUT2D eigenvalue weighted by Crippen LogP contribution is 2.28. The van der Waals surface area contributed by atoms with Crippen molar-refractivity contribution in [2.24, 2.45) is 0 Å². The van der Waals surface area contributed by atoms with Crippen LogP contribution in [0.5, 0.6) is 0 Å². The van der Waals surface area contributed by atoms with Crippen LogP contribution in [0.3, 0.4) is 0 Å². The third kappa shape index (κ3) is 3.64. The molecule has 1 N–H and O–H groups in total. The highest BCUT2D eigenvalue weighted by molar-refractivity contribution is 7.89. The summed E-state index contributed by atoms with van der Waals surface area (Å²) in [5.41, 5.74) is 1.43. The molecule has 0 aliphatic heterocycles. The van der Waals surface area contributed by atoms with Crippen LogP contribution in [0, 0.1) is 6.92 Å². The molecule has 0 atom stereocenters. The Balaban J connectivity index is 2.40. The number of halogens is 1. The molecule has 118 valence electrons. The molecular weight excluding hydrogens is 324 g/mol. The maximum atomic E-state index is 12.8. The van der Waals surface area contributed by atoms with E-state index >= 15 is 0 Å². The summed E-state index contributed by atoms with van der Waals surface area (Å²) in [4.78, 5) is 4.02. The van der Waals surface area contributed by atoms with Crippen molar-refractivity contribution in [3.8, 4) is 0 Å². The predicted molar refractivity (Wildman–Crippen MR) is 85.1 cm³/mol. The third-order valence-corrected chi connectivity index (χ3v) is 5.71. The number of rotatable bonds is 6. The average Bonchev–Trinajstić information content (AvgIpc) is 2.50. The van der Waals surface area contributed by atoms with Crippen LogP contribution in [0.1, 0.15) is 11.1 Å². The van der Waals surface area contributed by atoms with Crippen molar-refractivity contribution >= 4 is 21.6 Å². The molecule has 1 aromatic carbocycles. The van der Waals surface area contributed by atoms with Gasteiger partial charge in [0.15, 0.2) is 0 Å². The van der Waals surface area contributed by atoms with E-state index in [1.165, 1.54) is 10.4 Å². The van der Waals surface area contributed by atoms with Gasteiger partial charge in [-0.3, -0.25) is 4.98 Å². The van der Waals surface area contributed by atoms with Gasteiger partial charge in [0.2, 0.25) is 10.0 Å². The van der Waals surface area contributed by atoms with Gasteiger partial charge in [-0.15, -0.1) is 0 Å². The molecule has 7 heteroatoms. The molecule has 0 bridgehead atoms. The number of aliphatic hydroxyl groups excluding tert-OH is 1. The molecule has 0 amide bonds. The summed E-state index contributed by atoms with van der Waals surface area (Å²) < 4.78 is 26.8. The van der Waals surface area contributed by atoms with Crippen LogP contribution in [0.15, 0.2) is 47.6 Å². The standard InChI is InChI=1S/C15H17ClN2O3S/c1-12-4-2-6-14(15(12)16)22(20,21)18(8-9-19)11-13-5-3-7-17-10-13/h2-7,10,19H,8-9,11H2,1H3. The Morgan fingerprint density at radius 3 is 2.68 bits per heavy atom. The zero-order valence-electron chi connectivity index (χ0n) is 12.1. The van der Waals surface area contributed by atoms with Gasteiger partial charge in [0.25, 0.3) is 0 Å². The van der Waals surface area contributed by atoms with Crippen LogP contribution in [-0.2, 0) is 16.6 Å². The van der Waals surface area contributed by atoms with Crippen molar-refractivity contribution in [3.05, 3.63) is 58.9 Å². The monoisotopic (exact) mass is 340 g/mol. The predicted octanol–water partition coefficient (Wildman–Crippen LogP) is 2.23. The fourth-order valence-corrected chi connectivity index (χ4v) is 4.03. The number of pyridine rings is 1. The Kier molecular flexibility index (Phi) is 5.52. The molecule has 5 nitrogen and oxygen atoms in total. The molecule has 1 heterocycles. The Bertz CT molecular complexity index is 736.